The van der Waals surface area contributed by atoms with Crippen LogP contribution in [-0.2, 0) is 16.6 Å². The van der Waals surface area contributed by atoms with Crippen molar-refractivity contribution in [2.24, 2.45) is 0 Å². The molecule has 1 aliphatic rings. The molecule has 0 bridgehead atoms. The fraction of sp³-hybridized carbons (Fsp3) is 0.318. The van der Waals surface area contributed by atoms with Gasteiger partial charge in [-0.2, -0.15) is 4.31 Å². The molecule has 4 rings (SSSR count). The number of para-hydroxylation sites is 1. The van der Waals surface area contributed by atoms with Gasteiger partial charge in [0.25, 0.3) is 0 Å². The second kappa shape index (κ2) is 8.18. The van der Waals surface area contributed by atoms with E-state index in [9.17, 15) is 8.42 Å². The molecular weight excluding hydrogens is 420 g/mol. The summed E-state index contributed by atoms with van der Waals surface area (Å²) in [5.74, 6) is 0. The third kappa shape index (κ3) is 3.63. The summed E-state index contributed by atoms with van der Waals surface area (Å²) < 4.78 is 29.1. The molecule has 3 aromatic rings. The van der Waals surface area contributed by atoms with Crippen molar-refractivity contribution in [3.05, 3.63) is 70.9 Å². The van der Waals surface area contributed by atoms with Gasteiger partial charge in [-0.25, -0.2) is 8.42 Å². The highest BCUT2D eigenvalue weighted by Gasteiger charge is 2.38. The molecule has 0 N–H and O–H groups in total. The Morgan fingerprint density at radius 2 is 1.83 bits per heavy atom. The largest absolute Gasteiger partial charge is 0.255 e. The summed E-state index contributed by atoms with van der Waals surface area (Å²) in [4.78, 5) is 4.65. The topological polar surface area (TPSA) is 50.3 Å². The summed E-state index contributed by atoms with van der Waals surface area (Å²) >= 11 is 6.60. The lowest BCUT2D eigenvalue weighted by Gasteiger charge is -2.37. The lowest BCUT2D eigenvalue weighted by atomic mass is 10.0. The first-order chi connectivity index (χ1) is 14.0. The van der Waals surface area contributed by atoms with E-state index in [0.29, 0.717) is 18.6 Å². The zero-order valence-corrected chi connectivity index (χ0v) is 19.4. The normalized spacial score (nSPS) is 17.6. The van der Waals surface area contributed by atoms with Crippen molar-refractivity contribution in [1.29, 1.82) is 0 Å². The van der Waals surface area contributed by atoms with Crippen LogP contribution >= 0.6 is 11.6 Å². The van der Waals surface area contributed by atoms with E-state index in [1.54, 1.807) is 22.6 Å². The summed E-state index contributed by atoms with van der Waals surface area (Å²) in [5, 5.41) is 1.61. The summed E-state index contributed by atoms with van der Waals surface area (Å²) in [7, 11) is -4.88. The molecule has 2 aromatic carbocycles. The van der Waals surface area contributed by atoms with E-state index in [-0.39, 0.29) is 10.4 Å². The third-order valence-electron chi connectivity index (χ3n) is 6.09. The lowest BCUT2D eigenvalue weighted by Crippen LogP contribution is -2.43. The Kier molecular flexibility index (Phi) is 5.80. The minimum Gasteiger partial charge on any atom is -0.255 e. The van der Waals surface area contributed by atoms with Crippen molar-refractivity contribution in [3.63, 3.8) is 0 Å². The number of pyridine rings is 1. The van der Waals surface area contributed by atoms with Gasteiger partial charge >= 0.3 is 0 Å². The third-order valence-corrected chi connectivity index (χ3v) is 12.0. The highest BCUT2D eigenvalue weighted by molar-refractivity contribution is 7.89. The van der Waals surface area contributed by atoms with Gasteiger partial charge in [0.1, 0.15) is 4.90 Å². The predicted octanol–water partition coefficient (Wildman–Crippen LogP) is 4.98. The van der Waals surface area contributed by atoms with Crippen LogP contribution in [0.2, 0.25) is 17.1 Å². The van der Waals surface area contributed by atoms with E-state index >= 15 is 0 Å². The van der Waals surface area contributed by atoms with Gasteiger partial charge in [-0.3, -0.25) is 4.98 Å². The zero-order chi connectivity index (χ0) is 20.6. The first kappa shape index (κ1) is 20.5. The molecular formula is C22H25ClN2O2SSi. The molecule has 1 aromatic heterocycles. The number of hydrogen-bond acceptors (Lipinski definition) is 3. The van der Waals surface area contributed by atoms with Crippen LogP contribution in [0.5, 0.6) is 0 Å². The molecule has 0 amide bonds. The molecule has 29 heavy (non-hydrogen) atoms. The van der Waals surface area contributed by atoms with Crippen LogP contribution in [0.1, 0.15) is 30.5 Å². The maximum absolute atomic E-state index is 13.7. The standard InChI is InChI=1S/C22H25ClN2O2SSi/c1-3-29(4-2)20-15-25(14-17-9-5-11-18(23)21(17)20)28(26,27)19-12-6-8-16-10-7-13-24-22(16)19/h5-13,20,29H,3-4,14-15H2,1-2H3/t20-/m0/s1. The average Bonchev–Trinajstić information content (AvgIpc) is 2.74. The molecule has 7 heteroatoms. The van der Waals surface area contributed by atoms with E-state index in [2.05, 4.69) is 18.8 Å². The molecule has 0 aliphatic carbocycles. The molecule has 152 valence electrons. The van der Waals surface area contributed by atoms with Crippen LogP contribution in [-0.4, -0.2) is 33.0 Å². The van der Waals surface area contributed by atoms with Crippen LogP contribution in [0.3, 0.4) is 0 Å². The van der Waals surface area contributed by atoms with Crippen molar-refractivity contribution in [2.75, 3.05) is 6.54 Å². The number of nitrogens with zero attached hydrogens (tertiary/aromatic N) is 2. The Balaban J connectivity index is 1.83. The Labute approximate surface area is 179 Å². The van der Waals surface area contributed by atoms with E-state index in [1.807, 2.05) is 36.4 Å². The summed E-state index contributed by atoms with van der Waals surface area (Å²) in [6.45, 7) is 5.30. The molecule has 0 saturated carbocycles. The Bertz CT molecular complexity index is 1140. The second-order valence-electron chi connectivity index (χ2n) is 7.62. The van der Waals surface area contributed by atoms with E-state index in [1.165, 1.54) is 5.56 Å². The van der Waals surface area contributed by atoms with Gasteiger partial charge in [0.05, 0.1) is 5.52 Å². The van der Waals surface area contributed by atoms with Gasteiger partial charge in [0.2, 0.25) is 10.0 Å². The molecule has 0 fully saturated rings. The second-order valence-corrected chi connectivity index (χ2v) is 13.9. The SMILES string of the molecule is CC[SiH](CC)[C@H]1CN(S(=O)(=O)c2cccc3cccnc23)Cc2cccc(Cl)c21. The van der Waals surface area contributed by atoms with E-state index in [0.717, 1.165) is 28.1 Å². The quantitative estimate of drug-likeness (QED) is 0.521. The van der Waals surface area contributed by atoms with Gasteiger partial charge in [-0.05, 0) is 34.9 Å². The van der Waals surface area contributed by atoms with Crippen LogP contribution in [0, 0.1) is 0 Å². The number of rotatable bonds is 5. The first-order valence-corrected chi connectivity index (χ1v) is 14.2. The van der Waals surface area contributed by atoms with Crippen molar-refractivity contribution in [2.45, 2.75) is 42.9 Å². The van der Waals surface area contributed by atoms with Crippen LogP contribution in [0.4, 0.5) is 0 Å². The molecule has 1 aliphatic heterocycles. The molecule has 2 heterocycles. The number of hydrogen-bond donors (Lipinski definition) is 0. The van der Waals surface area contributed by atoms with Gasteiger partial charge in [-0.1, -0.05) is 67.9 Å². The number of halogens is 1. The number of aromatic nitrogens is 1. The van der Waals surface area contributed by atoms with Gasteiger partial charge in [0.15, 0.2) is 0 Å². The highest BCUT2D eigenvalue weighted by Crippen LogP contribution is 2.39. The first-order valence-electron chi connectivity index (χ1n) is 10.1. The number of fused-ring (bicyclic) bond motifs is 2. The van der Waals surface area contributed by atoms with Crippen LogP contribution < -0.4 is 0 Å². The van der Waals surface area contributed by atoms with Gasteiger partial charge in [0, 0.05) is 38.5 Å². The molecule has 0 spiro atoms. The highest BCUT2D eigenvalue weighted by atomic mass is 35.5. The Morgan fingerprint density at radius 3 is 2.59 bits per heavy atom. The molecule has 0 unspecified atom stereocenters. The Hall–Kier alpha value is -1.73. The van der Waals surface area contributed by atoms with E-state index < -0.39 is 18.8 Å². The lowest BCUT2D eigenvalue weighted by molar-refractivity contribution is 0.383. The molecule has 4 nitrogen and oxygen atoms in total. The maximum atomic E-state index is 13.7. The fourth-order valence-electron chi connectivity index (χ4n) is 4.55. The monoisotopic (exact) mass is 444 g/mol. The maximum Gasteiger partial charge on any atom is 0.245 e. The van der Waals surface area contributed by atoms with Crippen molar-refractivity contribution in [1.82, 2.24) is 9.29 Å². The number of sulfonamides is 1. The zero-order valence-electron chi connectivity index (χ0n) is 16.7. The minimum atomic E-state index is -3.68. The molecule has 0 saturated heterocycles. The van der Waals surface area contributed by atoms with Gasteiger partial charge in [-0.15, -0.1) is 0 Å². The predicted molar refractivity (Wildman–Crippen MR) is 122 cm³/mol. The van der Waals surface area contributed by atoms with Crippen LogP contribution in [0.15, 0.2) is 59.6 Å². The number of benzene rings is 2. The fourth-order valence-corrected chi connectivity index (χ4v) is 9.88. The van der Waals surface area contributed by atoms with E-state index in [4.69, 9.17) is 11.6 Å². The average molecular weight is 445 g/mol. The van der Waals surface area contributed by atoms with Crippen molar-refractivity contribution in [3.8, 4) is 0 Å². The van der Waals surface area contributed by atoms with Crippen molar-refractivity contribution < 1.29 is 8.42 Å². The summed E-state index contributed by atoms with van der Waals surface area (Å²) in [5.41, 5.74) is 2.96. The van der Waals surface area contributed by atoms with Crippen LogP contribution in [0.25, 0.3) is 10.9 Å². The molecule has 1 atom stereocenters. The van der Waals surface area contributed by atoms with Gasteiger partial charge < -0.3 is 0 Å². The Morgan fingerprint density at radius 1 is 1.10 bits per heavy atom. The van der Waals surface area contributed by atoms with Crippen molar-refractivity contribution >= 4 is 41.3 Å². The summed E-state index contributed by atoms with van der Waals surface area (Å²) in [6.07, 6.45) is 1.65. The summed E-state index contributed by atoms with van der Waals surface area (Å²) in [6, 6.07) is 17.2. The molecule has 0 radical (unpaired) electrons. The minimum absolute atomic E-state index is 0.222. The smallest absolute Gasteiger partial charge is 0.245 e.